The Balaban J connectivity index is 1.33. The Morgan fingerprint density at radius 2 is 1.55 bits per heavy atom. The van der Waals surface area contributed by atoms with Crippen molar-refractivity contribution < 1.29 is 23.9 Å². The van der Waals surface area contributed by atoms with E-state index in [9.17, 15) is 14.4 Å². The Morgan fingerprint density at radius 1 is 0.935 bits per heavy atom. The average molecular weight is 549 g/mol. The van der Waals surface area contributed by atoms with E-state index in [1.807, 2.05) is 0 Å². The van der Waals surface area contributed by atoms with Gasteiger partial charge >= 0.3 is 5.97 Å². The molecule has 3 fully saturated rings. The fourth-order valence-electron chi connectivity index (χ4n) is 5.18. The number of carbonyl (C=O) groups is 3. The first-order valence-electron chi connectivity index (χ1n) is 10.0. The van der Waals surface area contributed by atoms with Crippen LogP contribution in [0.1, 0.15) is 16.8 Å². The molecule has 160 valence electrons. The van der Waals surface area contributed by atoms with Gasteiger partial charge in [-0.05, 0) is 60.7 Å². The number of anilines is 1. The molecule has 1 aliphatic heterocycles. The maximum absolute atomic E-state index is 13.1. The van der Waals surface area contributed by atoms with Gasteiger partial charge in [0, 0.05) is 9.65 Å². The van der Waals surface area contributed by atoms with Gasteiger partial charge in [0.25, 0.3) is 0 Å². The summed E-state index contributed by atoms with van der Waals surface area (Å²) in [6.07, 6.45) is 0.894. The second-order valence-corrected chi connectivity index (χ2v) is 10.2. The van der Waals surface area contributed by atoms with Gasteiger partial charge in [0.15, 0.2) is 0 Å². The van der Waals surface area contributed by atoms with Crippen molar-refractivity contribution in [1.82, 2.24) is 0 Å². The second kappa shape index (κ2) is 7.74. The normalized spacial score (nSPS) is 31.1. The predicted molar refractivity (Wildman–Crippen MR) is 121 cm³/mol. The summed E-state index contributed by atoms with van der Waals surface area (Å²) in [6, 6.07) is 13.2. The number of ether oxygens (including phenoxy) is 2. The summed E-state index contributed by atoms with van der Waals surface area (Å²) in [5.74, 6) is -0.0724. The number of carbonyl (C=O) groups excluding carboxylic acids is 3. The van der Waals surface area contributed by atoms with Crippen molar-refractivity contribution in [2.75, 3.05) is 12.0 Å². The van der Waals surface area contributed by atoms with Crippen molar-refractivity contribution in [3.8, 4) is 11.5 Å². The summed E-state index contributed by atoms with van der Waals surface area (Å²) < 4.78 is 10.6. The van der Waals surface area contributed by atoms with Crippen molar-refractivity contribution in [3.63, 3.8) is 0 Å². The zero-order chi connectivity index (χ0) is 21.9. The molecule has 0 N–H and O–H groups in total. The van der Waals surface area contributed by atoms with Crippen LogP contribution in [0.4, 0.5) is 5.69 Å². The molecule has 2 aliphatic carbocycles. The molecule has 31 heavy (non-hydrogen) atoms. The molecule has 0 unspecified atom stereocenters. The average Bonchev–Trinajstić information content (AvgIpc) is 3.39. The zero-order valence-corrected chi connectivity index (χ0v) is 19.7. The monoisotopic (exact) mass is 547 g/mol. The largest absolute Gasteiger partial charge is 0.497 e. The molecule has 6 atom stereocenters. The molecule has 0 radical (unpaired) electrons. The number of rotatable bonds is 4. The highest BCUT2D eigenvalue weighted by Crippen LogP contribution is 2.60. The maximum atomic E-state index is 13.1. The summed E-state index contributed by atoms with van der Waals surface area (Å²) in [4.78, 5) is 40.3. The van der Waals surface area contributed by atoms with Crippen LogP contribution in [0.15, 0.2) is 48.5 Å². The number of hydrogen-bond donors (Lipinski definition) is 0. The number of benzene rings is 2. The summed E-state index contributed by atoms with van der Waals surface area (Å²) in [5.41, 5.74) is 0.868. The van der Waals surface area contributed by atoms with Gasteiger partial charge in [0.1, 0.15) is 11.5 Å². The van der Waals surface area contributed by atoms with Crippen LogP contribution in [0.3, 0.4) is 0 Å². The summed E-state index contributed by atoms with van der Waals surface area (Å²) >= 11 is 7.39. The molecule has 8 heteroatoms. The summed E-state index contributed by atoms with van der Waals surface area (Å²) in [5, 5.41) is 0. The summed E-state index contributed by atoms with van der Waals surface area (Å²) in [6.45, 7) is 0. The van der Waals surface area contributed by atoms with E-state index < -0.39 is 5.97 Å². The second-order valence-electron chi connectivity index (χ2n) is 8.13. The number of imide groups is 1. The topological polar surface area (TPSA) is 72.9 Å². The molecule has 2 aromatic rings. The first-order chi connectivity index (χ1) is 14.9. The predicted octanol–water partition coefficient (Wildman–Crippen LogP) is 4.20. The van der Waals surface area contributed by atoms with Gasteiger partial charge < -0.3 is 9.47 Å². The Morgan fingerprint density at radius 3 is 2.13 bits per heavy atom. The number of esters is 1. The highest BCUT2D eigenvalue weighted by molar-refractivity contribution is 9.12. The van der Waals surface area contributed by atoms with E-state index in [1.54, 1.807) is 48.5 Å². The van der Waals surface area contributed by atoms with E-state index in [1.165, 1.54) is 12.0 Å². The Kier molecular flexibility index (Phi) is 5.17. The van der Waals surface area contributed by atoms with Crippen LogP contribution in [-0.4, -0.2) is 34.5 Å². The van der Waals surface area contributed by atoms with Crippen molar-refractivity contribution in [2.45, 2.75) is 16.1 Å². The molecule has 2 saturated carbocycles. The fourth-order valence-corrected chi connectivity index (χ4v) is 7.06. The third-order valence-corrected chi connectivity index (χ3v) is 9.80. The van der Waals surface area contributed by atoms with Gasteiger partial charge in [-0.1, -0.05) is 37.9 Å². The van der Waals surface area contributed by atoms with Gasteiger partial charge in [-0.25, -0.2) is 4.79 Å². The van der Waals surface area contributed by atoms with Gasteiger partial charge in [0.05, 0.1) is 30.2 Å². The molecule has 0 spiro atoms. The van der Waals surface area contributed by atoms with Gasteiger partial charge in [-0.3, -0.25) is 14.5 Å². The van der Waals surface area contributed by atoms with E-state index in [2.05, 4.69) is 31.9 Å². The minimum absolute atomic E-state index is 0.132. The number of fused-ring (bicyclic) bond motifs is 5. The molecule has 1 saturated heterocycles. The Labute approximate surface area is 196 Å². The van der Waals surface area contributed by atoms with Crippen LogP contribution >= 0.6 is 31.9 Å². The smallest absolute Gasteiger partial charge is 0.343 e. The quantitative estimate of drug-likeness (QED) is 0.248. The van der Waals surface area contributed by atoms with E-state index in [0.29, 0.717) is 22.7 Å². The van der Waals surface area contributed by atoms with Gasteiger partial charge in [0.2, 0.25) is 11.8 Å². The molecule has 2 bridgehead atoms. The molecular formula is C23H19Br2NO5. The lowest BCUT2D eigenvalue weighted by atomic mass is 9.81. The Hall–Kier alpha value is -2.19. The van der Waals surface area contributed by atoms with Gasteiger partial charge in [-0.15, -0.1) is 0 Å². The van der Waals surface area contributed by atoms with Crippen LogP contribution in [0.25, 0.3) is 0 Å². The molecule has 2 aromatic carbocycles. The van der Waals surface area contributed by atoms with Crippen molar-refractivity contribution in [2.24, 2.45) is 23.7 Å². The lowest BCUT2D eigenvalue weighted by Gasteiger charge is -2.28. The van der Waals surface area contributed by atoms with E-state index >= 15 is 0 Å². The van der Waals surface area contributed by atoms with Crippen LogP contribution in [0, 0.1) is 23.7 Å². The maximum Gasteiger partial charge on any atom is 0.343 e. The number of nitrogens with zero attached hydrogens (tertiary/aromatic N) is 1. The van der Waals surface area contributed by atoms with Crippen LogP contribution in [-0.2, 0) is 9.59 Å². The summed E-state index contributed by atoms with van der Waals surface area (Å²) in [7, 11) is 1.53. The van der Waals surface area contributed by atoms with Gasteiger partial charge in [-0.2, -0.15) is 0 Å². The molecule has 6 nitrogen and oxygen atoms in total. The lowest BCUT2D eigenvalue weighted by Crippen LogP contribution is -2.37. The van der Waals surface area contributed by atoms with E-state index in [-0.39, 0.29) is 45.1 Å². The first-order valence-corrected chi connectivity index (χ1v) is 11.9. The van der Waals surface area contributed by atoms with E-state index in [4.69, 9.17) is 9.47 Å². The standard InChI is InChI=1S/C23H19Br2NO5/c1-30-14-4-2-3-11(9-14)23(29)31-13-7-5-12(6-8-13)26-21(27)17-15-10-16(18(17)22(26)28)20(25)19(15)24/h2-9,15-20H,10H2,1H3/t15-,16-,17-,18+,19-,20+/m1/s1. The number of hydrogen-bond acceptors (Lipinski definition) is 5. The highest BCUT2D eigenvalue weighted by Gasteiger charge is 2.66. The minimum Gasteiger partial charge on any atom is -0.497 e. The Bertz CT molecular complexity index is 1040. The number of alkyl halides is 2. The minimum atomic E-state index is -0.516. The van der Waals surface area contributed by atoms with Crippen LogP contribution in [0.2, 0.25) is 0 Å². The molecular weight excluding hydrogens is 530 g/mol. The third-order valence-electron chi connectivity index (χ3n) is 6.60. The van der Waals surface area contributed by atoms with Crippen molar-refractivity contribution >= 4 is 55.3 Å². The molecule has 0 aromatic heterocycles. The number of halogens is 2. The molecule has 5 rings (SSSR count). The zero-order valence-electron chi connectivity index (χ0n) is 16.5. The molecule has 1 heterocycles. The van der Waals surface area contributed by atoms with Crippen molar-refractivity contribution in [3.05, 3.63) is 54.1 Å². The molecule has 2 amide bonds. The molecule has 3 aliphatic rings. The van der Waals surface area contributed by atoms with Crippen LogP contribution < -0.4 is 14.4 Å². The van der Waals surface area contributed by atoms with Crippen LogP contribution in [0.5, 0.6) is 11.5 Å². The number of amides is 2. The highest BCUT2D eigenvalue weighted by atomic mass is 79.9. The third kappa shape index (κ3) is 3.22. The SMILES string of the molecule is COc1cccc(C(=O)Oc2ccc(N3C(=O)[C@@H]4[C@H]5C[C@@H]([C@H](Br)[C@@H]5Br)[C@@H]4C3=O)cc2)c1. The number of methoxy groups -OCH3 is 1. The fraction of sp³-hybridized carbons (Fsp3) is 0.348. The lowest BCUT2D eigenvalue weighted by molar-refractivity contribution is -0.123. The van der Waals surface area contributed by atoms with Crippen molar-refractivity contribution in [1.29, 1.82) is 0 Å². The van der Waals surface area contributed by atoms with E-state index in [0.717, 1.165) is 6.42 Å². The first kappa shape index (κ1) is 20.7.